The van der Waals surface area contributed by atoms with Gasteiger partial charge in [0.05, 0.1) is 5.52 Å². The van der Waals surface area contributed by atoms with Crippen LogP contribution in [0.2, 0.25) is 0 Å². The Bertz CT molecular complexity index is 588. The molecule has 0 amide bonds. The van der Waals surface area contributed by atoms with Crippen molar-refractivity contribution in [2.45, 2.75) is 12.2 Å². The third kappa shape index (κ3) is 0.851. The van der Waals surface area contributed by atoms with E-state index in [1.807, 2.05) is 12.3 Å². The van der Waals surface area contributed by atoms with Crippen LogP contribution < -0.4 is 0 Å². The van der Waals surface area contributed by atoms with Crippen LogP contribution >= 0.6 is 0 Å². The zero-order valence-electron chi connectivity index (χ0n) is 8.05. The van der Waals surface area contributed by atoms with Gasteiger partial charge in [0.1, 0.15) is 12.2 Å². The fraction of sp³-hybridized carbons (Fsp3) is 0.154. The van der Waals surface area contributed by atoms with E-state index >= 15 is 0 Å². The Morgan fingerprint density at radius 2 is 2.00 bits per heavy atom. The van der Waals surface area contributed by atoms with E-state index in [1.54, 1.807) is 0 Å². The summed E-state index contributed by atoms with van der Waals surface area (Å²) in [6, 6.07) is 8.35. The summed E-state index contributed by atoms with van der Waals surface area (Å²) in [6.07, 6.45) is 6.39. The predicted molar refractivity (Wildman–Crippen MR) is 57.5 cm³/mol. The van der Waals surface area contributed by atoms with Crippen LogP contribution in [-0.4, -0.2) is 4.98 Å². The van der Waals surface area contributed by atoms with Crippen LogP contribution in [0.5, 0.6) is 0 Å². The molecule has 2 aliphatic heterocycles. The molecule has 2 heteroatoms. The summed E-state index contributed by atoms with van der Waals surface area (Å²) in [7, 11) is 0. The number of aromatic nitrogens is 1. The van der Waals surface area contributed by atoms with Gasteiger partial charge in [-0.2, -0.15) is 0 Å². The van der Waals surface area contributed by atoms with Crippen molar-refractivity contribution in [1.29, 1.82) is 0 Å². The predicted octanol–water partition coefficient (Wildman–Crippen LogP) is 2.92. The third-order valence-corrected chi connectivity index (χ3v) is 3.19. The molecule has 0 spiro atoms. The minimum atomic E-state index is 0.128. The molecule has 15 heavy (non-hydrogen) atoms. The van der Waals surface area contributed by atoms with E-state index in [4.69, 9.17) is 4.74 Å². The van der Waals surface area contributed by atoms with Crippen LogP contribution in [0.3, 0.4) is 0 Å². The standard InChI is InChI=1S/C13H9NO/c1-2-8-3-4-9-10-5-6-11(15-10)12(9)13(8)14-7-1/h1-7,10-11H/t10-,11+/m0/s1. The van der Waals surface area contributed by atoms with Crippen LogP contribution in [-0.2, 0) is 4.74 Å². The first-order chi connectivity index (χ1) is 7.43. The van der Waals surface area contributed by atoms with Crippen molar-refractivity contribution in [2.24, 2.45) is 0 Å². The van der Waals surface area contributed by atoms with Crippen molar-refractivity contribution in [3.63, 3.8) is 0 Å². The number of rotatable bonds is 0. The summed E-state index contributed by atoms with van der Waals surface area (Å²) in [6.45, 7) is 0. The first kappa shape index (κ1) is 7.60. The van der Waals surface area contributed by atoms with Crippen LogP contribution in [0.15, 0.2) is 42.6 Å². The highest BCUT2D eigenvalue weighted by Crippen LogP contribution is 2.47. The number of ether oxygens (including phenoxy) is 1. The molecule has 2 atom stereocenters. The molecule has 0 aliphatic carbocycles. The zero-order chi connectivity index (χ0) is 9.83. The molecule has 0 saturated carbocycles. The Hall–Kier alpha value is -1.67. The lowest BCUT2D eigenvalue weighted by atomic mass is 9.94. The number of hydrogen-bond acceptors (Lipinski definition) is 2. The molecule has 0 N–H and O–H groups in total. The fourth-order valence-corrected chi connectivity index (χ4v) is 2.52. The minimum Gasteiger partial charge on any atom is -0.357 e. The van der Waals surface area contributed by atoms with Gasteiger partial charge in [0.25, 0.3) is 0 Å². The number of benzene rings is 1. The highest BCUT2D eigenvalue weighted by molar-refractivity contribution is 5.84. The molecular formula is C13H9NO. The van der Waals surface area contributed by atoms with Gasteiger partial charge in [-0.05, 0) is 11.6 Å². The van der Waals surface area contributed by atoms with E-state index in [2.05, 4.69) is 35.3 Å². The van der Waals surface area contributed by atoms with Crippen molar-refractivity contribution < 1.29 is 4.74 Å². The molecule has 2 nitrogen and oxygen atoms in total. The van der Waals surface area contributed by atoms with Crippen molar-refractivity contribution in [3.8, 4) is 0 Å². The van der Waals surface area contributed by atoms with E-state index in [1.165, 1.54) is 16.5 Å². The molecule has 4 rings (SSSR count). The molecule has 72 valence electrons. The Morgan fingerprint density at radius 3 is 3.00 bits per heavy atom. The quantitative estimate of drug-likeness (QED) is 0.603. The Morgan fingerprint density at radius 1 is 1.07 bits per heavy atom. The van der Waals surface area contributed by atoms with Crippen LogP contribution in [0.1, 0.15) is 23.3 Å². The molecule has 0 unspecified atom stereocenters. The van der Waals surface area contributed by atoms with E-state index in [0.29, 0.717) is 0 Å². The molecule has 0 fully saturated rings. The maximum absolute atomic E-state index is 5.80. The largest absolute Gasteiger partial charge is 0.357 e. The zero-order valence-corrected chi connectivity index (χ0v) is 8.05. The van der Waals surface area contributed by atoms with Crippen molar-refractivity contribution in [3.05, 3.63) is 53.7 Å². The normalized spacial score (nSPS) is 26.1. The SMILES string of the molecule is C1=C[C@H]2O[C@@H]1c1ccc3cccnc3c12. The number of nitrogens with zero attached hydrogens (tertiary/aromatic N) is 1. The van der Waals surface area contributed by atoms with Gasteiger partial charge in [0.15, 0.2) is 0 Å². The first-order valence-corrected chi connectivity index (χ1v) is 5.15. The number of pyridine rings is 1. The second-order valence-electron chi connectivity index (χ2n) is 4.01. The fourth-order valence-electron chi connectivity index (χ4n) is 2.52. The van der Waals surface area contributed by atoms with Crippen LogP contribution in [0.25, 0.3) is 10.9 Å². The monoisotopic (exact) mass is 195 g/mol. The second-order valence-corrected chi connectivity index (χ2v) is 4.01. The van der Waals surface area contributed by atoms with Crippen molar-refractivity contribution in [2.75, 3.05) is 0 Å². The van der Waals surface area contributed by atoms with Gasteiger partial charge in [-0.25, -0.2) is 0 Å². The molecule has 1 aromatic carbocycles. The Balaban J connectivity index is 2.15. The summed E-state index contributed by atoms with van der Waals surface area (Å²) in [5.74, 6) is 0. The summed E-state index contributed by atoms with van der Waals surface area (Å²) < 4.78 is 5.80. The molecule has 2 aliphatic rings. The van der Waals surface area contributed by atoms with E-state index in [9.17, 15) is 0 Å². The molecule has 0 saturated heterocycles. The molecule has 1 aromatic heterocycles. The number of hydrogen-bond donors (Lipinski definition) is 0. The Labute approximate surface area is 87.2 Å². The summed E-state index contributed by atoms with van der Waals surface area (Å²) in [5, 5.41) is 1.20. The third-order valence-electron chi connectivity index (χ3n) is 3.19. The minimum absolute atomic E-state index is 0.128. The summed E-state index contributed by atoms with van der Waals surface area (Å²) in [5.41, 5.74) is 3.64. The topological polar surface area (TPSA) is 22.1 Å². The van der Waals surface area contributed by atoms with E-state index < -0.39 is 0 Å². The highest BCUT2D eigenvalue weighted by Gasteiger charge is 2.35. The molecule has 2 aromatic rings. The average Bonchev–Trinajstić information content (AvgIpc) is 2.89. The van der Waals surface area contributed by atoms with Crippen molar-refractivity contribution >= 4 is 10.9 Å². The average molecular weight is 195 g/mol. The lowest BCUT2D eigenvalue weighted by Crippen LogP contribution is -1.95. The second kappa shape index (κ2) is 2.47. The van der Waals surface area contributed by atoms with Gasteiger partial charge in [0, 0.05) is 17.1 Å². The van der Waals surface area contributed by atoms with Gasteiger partial charge >= 0.3 is 0 Å². The number of fused-ring (bicyclic) bond motifs is 7. The molecule has 2 bridgehead atoms. The highest BCUT2D eigenvalue weighted by atomic mass is 16.5. The van der Waals surface area contributed by atoms with Gasteiger partial charge < -0.3 is 4.74 Å². The van der Waals surface area contributed by atoms with Gasteiger partial charge in [-0.3, -0.25) is 4.98 Å². The Kier molecular flexibility index (Phi) is 1.25. The molecular weight excluding hydrogens is 186 g/mol. The van der Waals surface area contributed by atoms with Crippen molar-refractivity contribution in [1.82, 2.24) is 4.98 Å². The maximum atomic E-state index is 5.80. The van der Waals surface area contributed by atoms with Gasteiger partial charge in [-0.15, -0.1) is 0 Å². The maximum Gasteiger partial charge on any atom is 0.104 e. The van der Waals surface area contributed by atoms with E-state index in [-0.39, 0.29) is 12.2 Å². The summed E-state index contributed by atoms with van der Waals surface area (Å²) in [4.78, 5) is 4.46. The van der Waals surface area contributed by atoms with Gasteiger partial charge in [0.2, 0.25) is 0 Å². The van der Waals surface area contributed by atoms with Crippen LogP contribution in [0.4, 0.5) is 0 Å². The lowest BCUT2D eigenvalue weighted by Gasteiger charge is -2.09. The van der Waals surface area contributed by atoms with E-state index in [0.717, 1.165) is 5.52 Å². The lowest BCUT2D eigenvalue weighted by molar-refractivity contribution is 0.0882. The smallest absolute Gasteiger partial charge is 0.104 e. The molecule has 0 radical (unpaired) electrons. The van der Waals surface area contributed by atoms with Crippen LogP contribution in [0, 0.1) is 0 Å². The summed E-state index contributed by atoms with van der Waals surface area (Å²) >= 11 is 0. The molecule has 3 heterocycles. The first-order valence-electron chi connectivity index (χ1n) is 5.15. The van der Waals surface area contributed by atoms with Gasteiger partial charge in [-0.1, -0.05) is 30.4 Å².